The number of carbonyl (C=O) groups excluding carboxylic acids is 1. The molecule has 0 radical (unpaired) electrons. The molecule has 9 nitrogen and oxygen atoms in total. The summed E-state index contributed by atoms with van der Waals surface area (Å²) in [6, 6.07) is 7.40. The number of carboxylic acid groups (broad SMARTS) is 1. The number of nitrogens with one attached hydrogen (secondary N) is 1. The van der Waals surface area contributed by atoms with E-state index in [1.807, 2.05) is 0 Å². The second-order valence-corrected chi connectivity index (χ2v) is 7.39. The highest BCUT2D eigenvalue weighted by molar-refractivity contribution is 7.87. The lowest BCUT2D eigenvalue weighted by Gasteiger charge is -2.09. The zero-order chi connectivity index (χ0) is 19.5. The van der Waals surface area contributed by atoms with Gasteiger partial charge in [-0.1, -0.05) is 12.1 Å². The Hall–Kier alpha value is -2.40. The van der Waals surface area contributed by atoms with Crippen molar-refractivity contribution in [2.24, 2.45) is 5.14 Å². The maximum Gasteiger partial charge on any atom is 0.354 e. The number of nitrogens with zero attached hydrogens (tertiary/aromatic N) is 2. The Morgan fingerprint density at radius 2 is 1.88 bits per heavy atom. The summed E-state index contributed by atoms with van der Waals surface area (Å²) in [6.45, 7) is 0.829. The van der Waals surface area contributed by atoms with Crippen LogP contribution in [-0.4, -0.2) is 53.9 Å². The molecular formula is C15H17ClN4O5S. The predicted octanol–water partition coefficient (Wildman–Crippen LogP) is 0.720. The monoisotopic (exact) mass is 400 g/mol. The largest absolute Gasteiger partial charge is 0.477 e. The van der Waals surface area contributed by atoms with Crippen LogP contribution in [0.3, 0.4) is 0 Å². The summed E-state index contributed by atoms with van der Waals surface area (Å²) in [5.41, 5.74) is 0.493. The third-order valence-electron chi connectivity index (χ3n) is 3.49. The quantitative estimate of drug-likeness (QED) is 0.586. The van der Waals surface area contributed by atoms with Crippen LogP contribution in [0.1, 0.15) is 20.8 Å². The molecule has 0 unspecified atom stereocenters. The topological polar surface area (TPSA) is 135 Å². The number of halogens is 1. The maximum atomic E-state index is 12.0. The number of carboxylic acids is 1. The normalized spacial score (nSPS) is 11.5. The molecule has 2 aromatic rings. The molecule has 1 aromatic carbocycles. The number of hydrogen-bond acceptors (Lipinski definition) is 5. The Morgan fingerprint density at radius 3 is 2.38 bits per heavy atom. The molecule has 1 amide bonds. The minimum absolute atomic E-state index is 0.169. The molecule has 11 heteroatoms. The van der Waals surface area contributed by atoms with Gasteiger partial charge < -0.3 is 10.4 Å². The van der Waals surface area contributed by atoms with Crippen molar-refractivity contribution in [1.82, 2.24) is 13.7 Å². The minimum atomic E-state index is -4.25. The number of carbonyl (C=O) groups is 2. The molecule has 0 aliphatic carbocycles. The molecule has 0 aliphatic heterocycles. The maximum absolute atomic E-state index is 12.0. The summed E-state index contributed by atoms with van der Waals surface area (Å²) in [7, 11) is -2.58. The van der Waals surface area contributed by atoms with Crippen molar-refractivity contribution in [3.8, 4) is 11.1 Å². The molecule has 0 saturated heterocycles. The smallest absolute Gasteiger partial charge is 0.354 e. The molecule has 0 spiro atoms. The molecule has 0 saturated carbocycles. The van der Waals surface area contributed by atoms with Crippen molar-refractivity contribution >= 4 is 33.9 Å². The van der Waals surface area contributed by atoms with Crippen LogP contribution in [0.15, 0.2) is 36.5 Å². The molecule has 2 rings (SSSR count). The Labute approximate surface area is 155 Å². The van der Waals surface area contributed by atoms with E-state index >= 15 is 0 Å². The van der Waals surface area contributed by atoms with Crippen LogP contribution in [0.5, 0.6) is 0 Å². The van der Waals surface area contributed by atoms with E-state index in [4.69, 9.17) is 16.9 Å². The number of hydrogen-bond donors (Lipinski definition) is 3. The van der Waals surface area contributed by atoms with Crippen LogP contribution in [0.4, 0.5) is 0 Å². The van der Waals surface area contributed by atoms with E-state index in [1.165, 1.54) is 34.8 Å². The van der Waals surface area contributed by atoms with Crippen molar-refractivity contribution in [1.29, 1.82) is 0 Å². The summed E-state index contributed by atoms with van der Waals surface area (Å²) in [5, 5.41) is 17.0. The first kappa shape index (κ1) is 19.9. The molecule has 0 aliphatic rings. The average molecular weight is 401 g/mol. The first-order valence-corrected chi connectivity index (χ1v) is 9.19. The predicted molar refractivity (Wildman–Crippen MR) is 96.1 cm³/mol. The van der Waals surface area contributed by atoms with E-state index in [2.05, 4.69) is 5.32 Å². The Bertz CT molecular complexity index is 922. The highest BCUT2D eigenvalue weighted by Gasteiger charge is 2.22. The molecule has 0 bridgehead atoms. The van der Waals surface area contributed by atoms with Gasteiger partial charge >= 0.3 is 16.2 Å². The van der Waals surface area contributed by atoms with Crippen molar-refractivity contribution in [2.45, 2.75) is 0 Å². The third-order valence-corrected chi connectivity index (χ3v) is 4.51. The second-order valence-electron chi connectivity index (χ2n) is 5.39. The van der Waals surface area contributed by atoms with Crippen molar-refractivity contribution in [3.05, 3.63) is 47.8 Å². The molecule has 140 valence electrons. The summed E-state index contributed by atoms with van der Waals surface area (Å²) in [4.78, 5) is 23.5. The van der Waals surface area contributed by atoms with Crippen LogP contribution in [-0.2, 0) is 10.2 Å². The van der Waals surface area contributed by atoms with Gasteiger partial charge in [-0.15, -0.1) is 0 Å². The fraction of sp³-hybridized carbons (Fsp3) is 0.200. The fourth-order valence-corrected chi connectivity index (χ4v) is 3.04. The standard InChI is InChI=1S/C15H17ClN4O5S/c1-19(16)9-7-18-14(21)11-4-2-10(3-5-11)12-6-8-20(26(17,24)25)13(12)15(22)23/h2-6,8H,7,9H2,1H3,(H,18,21)(H,22,23)(H2,17,24,25). The molecule has 26 heavy (non-hydrogen) atoms. The van der Waals surface area contributed by atoms with Gasteiger partial charge in [0.1, 0.15) is 0 Å². The number of amides is 1. The van der Waals surface area contributed by atoms with E-state index in [0.717, 1.165) is 6.20 Å². The number of rotatable bonds is 7. The molecule has 4 N–H and O–H groups in total. The van der Waals surface area contributed by atoms with E-state index < -0.39 is 21.9 Å². The lowest BCUT2D eigenvalue weighted by Crippen LogP contribution is -2.29. The van der Waals surface area contributed by atoms with Crippen molar-refractivity contribution in [3.63, 3.8) is 0 Å². The van der Waals surface area contributed by atoms with Crippen LogP contribution in [0.25, 0.3) is 11.1 Å². The van der Waals surface area contributed by atoms with Gasteiger partial charge in [0, 0.05) is 37.5 Å². The number of aromatic nitrogens is 1. The molecule has 0 atom stereocenters. The van der Waals surface area contributed by atoms with Gasteiger partial charge in [-0.05, 0) is 35.5 Å². The summed E-state index contributed by atoms with van der Waals surface area (Å²) in [6.07, 6.45) is 1.07. The first-order chi connectivity index (χ1) is 12.1. The lowest BCUT2D eigenvalue weighted by molar-refractivity contribution is 0.0690. The molecule has 0 fully saturated rings. The SMILES string of the molecule is CN(Cl)CCNC(=O)c1ccc(-c2ccn(S(N)(=O)=O)c2C(=O)O)cc1. The number of nitrogens with two attached hydrogens (primary N) is 1. The zero-order valence-electron chi connectivity index (χ0n) is 13.7. The van der Waals surface area contributed by atoms with Gasteiger partial charge in [-0.2, -0.15) is 8.42 Å². The van der Waals surface area contributed by atoms with Gasteiger partial charge in [0.2, 0.25) is 0 Å². The number of likely N-dealkylation sites (N-methyl/N-ethyl adjacent to an activating group) is 1. The van der Waals surface area contributed by atoms with Crippen LogP contribution in [0, 0.1) is 0 Å². The van der Waals surface area contributed by atoms with Gasteiger partial charge in [0.25, 0.3) is 5.91 Å². The van der Waals surface area contributed by atoms with Gasteiger partial charge in [-0.25, -0.2) is 18.3 Å². The summed E-state index contributed by atoms with van der Waals surface area (Å²) >= 11 is 5.65. The Morgan fingerprint density at radius 1 is 1.27 bits per heavy atom. The number of benzene rings is 1. The zero-order valence-corrected chi connectivity index (χ0v) is 15.3. The highest BCUT2D eigenvalue weighted by Crippen LogP contribution is 2.26. The van der Waals surface area contributed by atoms with Crippen molar-refractivity contribution < 1.29 is 23.1 Å². The van der Waals surface area contributed by atoms with Crippen molar-refractivity contribution in [2.75, 3.05) is 20.1 Å². The van der Waals surface area contributed by atoms with E-state index in [9.17, 15) is 23.1 Å². The van der Waals surface area contributed by atoms with E-state index in [-0.39, 0.29) is 11.5 Å². The van der Waals surface area contributed by atoms with Gasteiger partial charge in [0.05, 0.1) is 0 Å². The van der Waals surface area contributed by atoms with E-state index in [1.54, 1.807) is 7.05 Å². The summed E-state index contributed by atoms with van der Waals surface area (Å²) < 4.78 is 24.9. The fourth-order valence-electron chi connectivity index (χ4n) is 2.30. The van der Waals surface area contributed by atoms with Crippen LogP contribution in [0.2, 0.25) is 0 Å². The second kappa shape index (κ2) is 7.87. The number of aromatic carboxylic acids is 1. The average Bonchev–Trinajstić information content (AvgIpc) is 3.00. The van der Waals surface area contributed by atoms with Gasteiger partial charge in [-0.3, -0.25) is 4.79 Å². The Kier molecular flexibility index (Phi) is 6.03. The van der Waals surface area contributed by atoms with Gasteiger partial charge in [0.15, 0.2) is 5.69 Å². The lowest BCUT2D eigenvalue weighted by atomic mass is 10.0. The highest BCUT2D eigenvalue weighted by atomic mass is 35.5. The van der Waals surface area contributed by atoms with Crippen LogP contribution < -0.4 is 10.5 Å². The van der Waals surface area contributed by atoms with Crippen LogP contribution >= 0.6 is 11.8 Å². The minimum Gasteiger partial charge on any atom is -0.477 e. The molecular weight excluding hydrogens is 384 g/mol. The van der Waals surface area contributed by atoms with E-state index in [0.29, 0.717) is 28.2 Å². The first-order valence-electron chi connectivity index (χ1n) is 7.34. The molecule has 1 aromatic heterocycles. The Balaban J connectivity index is 2.28. The molecule has 1 heterocycles. The third kappa shape index (κ3) is 4.61. The summed E-state index contributed by atoms with van der Waals surface area (Å²) in [5.74, 6) is -1.75.